The minimum Gasteiger partial charge on any atom is -0.312 e. The van der Waals surface area contributed by atoms with Crippen LogP contribution in [0.15, 0.2) is 42.5 Å². The zero-order valence-corrected chi connectivity index (χ0v) is 13.2. The van der Waals surface area contributed by atoms with E-state index in [1.807, 2.05) is 48.2 Å². The Morgan fingerprint density at radius 2 is 1.96 bits per heavy atom. The number of carbonyl (C=O) groups is 2. The van der Waals surface area contributed by atoms with Gasteiger partial charge in [0.15, 0.2) is 5.78 Å². The monoisotopic (exact) mass is 305 g/mol. The van der Waals surface area contributed by atoms with Gasteiger partial charge in [0.25, 0.3) is 0 Å². The molecule has 0 radical (unpaired) electrons. The van der Waals surface area contributed by atoms with Gasteiger partial charge in [-0.2, -0.15) is 0 Å². The first kappa shape index (κ1) is 14.2. The largest absolute Gasteiger partial charge is 0.312 e. The number of para-hydroxylation sites is 1. The molecule has 1 aliphatic carbocycles. The Labute approximate surface area is 135 Å². The lowest BCUT2D eigenvalue weighted by Gasteiger charge is -2.31. The third-order valence-corrected chi connectivity index (χ3v) is 5.04. The third-order valence-electron chi connectivity index (χ3n) is 5.04. The van der Waals surface area contributed by atoms with Crippen LogP contribution in [0, 0.1) is 6.92 Å². The van der Waals surface area contributed by atoms with Crippen molar-refractivity contribution in [2.45, 2.75) is 32.1 Å². The van der Waals surface area contributed by atoms with Crippen LogP contribution in [0.4, 0.5) is 5.69 Å². The molecule has 2 aromatic carbocycles. The quantitative estimate of drug-likeness (QED) is 0.806. The standard InChI is InChI=1S/C20H19NO2/c1-13-6-4-9-15-18(22)12-16(19(13)15)20(23)21-11-5-8-14-7-2-3-10-17(14)21/h2-4,6-7,9-10,16H,5,8,11-12H2,1H3. The number of fused-ring (bicyclic) bond motifs is 2. The molecule has 3 nitrogen and oxygen atoms in total. The Kier molecular flexibility index (Phi) is 3.29. The number of aryl methyl sites for hydroxylation is 2. The number of amides is 1. The summed E-state index contributed by atoms with van der Waals surface area (Å²) >= 11 is 0. The zero-order chi connectivity index (χ0) is 16.0. The number of benzene rings is 2. The van der Waals surface area contributed by atoms with Crippen molar-refractivity contribution in [3.05, 3.63) is 64.7 Å². The van der Waals surface area contributed by atoms with Gasteiger partial charge in [0, 0.05) is 24.2 Å². The van der Waals surface area contributed by atoms with Gasteiger partial charge in [-0.1, -0.05) is 36.4 Å². The second kappa shape index (κ2) is 5.34. The zero-order valence-electron chi connectivity index (χ0n) is 13.2. The second-order valence-electron chi connectivity index (χ2n) is 6.44. The Morgan fingerprint density at radius 1 is 1.13 bits per heavy atom. The summed E-state index contributed by atoms with van der Waals surface area (Å²) in [7, 11) is 0. The van der Waals surface area contributed by atoms with Crippen LogP contribution in [0.5, 0.6) is 0 Å². The first-order valence-electron chi connectivity index (χ1n) is 8.19. The van der Waals surface area contributed by atoms with Crippen molar-refractivity contribution < 1.29 is 9.59 Å². The molecule has 0 bridgehead atoms. The molecule has 1 aliphatic heterocycles. The molecule has 4 rings (SSSR count). The summed E-state index contributed by atoms with van der Waals surface area (Å²) < 4.78 is 0. The third kappa shape index (κ3) is 2.19. The van der Waals surface area contributed by atoms with Crippen molar-refractivity contribution in [2.24, 2.45) is 0 Å². The molecule has 1 heterocycles. The molecule has 2 aliphatic rings. The van der Waals surface area contributed by atoms with Gasteiger partial charge in [0.05, 0.1) is 5.92 Å². The Bertz CT molecular complexity index is 809. The molecule has 0 spiro atoms. The van der Waals surface area contributed by atoms with E-state index < -0.39 is 0 Å². The van der Waals surface area contributed by atoms with Crippen LogP contribution in [-0.2, 0) is 11.2 Å². The van der Waals surface area contributed by atoms with Gasteiger partial charge < -0.3 is 4.90 Å². The van der Waals surface area contributed by atoms with Crippen molar-refractivity contribution in [1.29, 1.82) is 0 Å². The van der Waals surface area contributed by atoms with Crippen molar-refractivity contribution in [2.75, 3.05) is 11.4 Å². The van der Waals surface area contributed by atoms with Crippen molar-refractivity contribution in [3.8, 4) is 0 Å². The van der Waals surface area contributed by atoms with Crippen LogP contribution in [0.1, 0.15) is 45.8 Å². The first-order valence-corrected chi connectivity index (χ1v) is 8.19. The fourth-order valence-electron chi connectivity index (χ4n) is 3.95. The minimum atomic E-state index is -0.329. The highest BCUT2D eigenvalue weighted by atomic mass is 16.2. The molecule has 116 valence electrons. The van der Waals surface area contributed by atoms with Crippen molar-refractivity contribution >= 4 is 17.4 Å². The van der Waals surface area contributed by atoms with Crippen LogP contribution in [-0.4, -0.2) is 18.2 Å². The molecule has 1 amide bonds. The summed E-state index contributed by atoms with van der Waals surface area (Å²) in [5, 5.41) is 0. The van der Waals surface area contributed by atoms with E-state index in [1.165, 1.54) is 5.56 Å². The van der Waals surface area contributed by atoms with E-state index in [1.54, 1.807) is 0 Å². The summed E-state index contributed by atoms with van der Waals surface area (Å²) in [5.41, 5.74) is 4.94. The molecular formula is C20H19NO2. The highest BCUT2D eigenvalue weighted by Crippen LogP contribution is 2.38. The number of ketones is 1. The molecular weight excluding hydrogens is 286 g/mol. The van der Waals surface area contributed by atoms with Gasteiger partial charge in [-0.25, -0.2) is 0 Å². The maximum Gasteiger partial charge on any atom is 0.235 e. The molecule has 0 aromatic heterocycles. The number of anilines is 1. The SMILES string of the molecule is Cc1cccc2c1C(C(=O)N1CCCc3ccccc31)CC2=O. The highest BCUT2D eigenvalue weighted by molar-refractivity contribution is 6.10. The van der Waals surface area contributed by atoms with Crippen molar-refractivity contribution in [1.82, 2.24) is 0 Å². The predicted molar refractivity (Wildman–Crippen MR) is 90.0 cm³/mol. The molecule has 0 N–H and O–H groups in total. The van der Waals surface area contributed by atoms with E-state index in [-0.39, 0.29) is 17.6 Å². The predicted octanol–water partition coefficient (Wildman–Crippen LogP) is 3.64. The van der Waals surface area contributed by atoms with E-state index in [9.17, 15) is 9.59 Å². The van der Waals surface area contributed by atoms with E-state index in [2.05, 4.69) is 6.07 Å². The Morgan fingerprint density at radius 3 is 2.83 bits per heavy atom. The molecule has 2 aromatic rings. The summed E-state index contributed by atoms with van der Waals surface area (Å²) in [4.78, 5) is 27.4. The van der Waals surface area contributed by atoms with Crippen LogP contribution in [0.25, 0.3) is 0 Å². The van der Waals surface area contributed by atoms with Crippen LogP contribution in [0.3, 0.4) is 0 Å². The molecule has 0 saturated carbocycles. The molecule has 0 saturated heterocycles. The number of rotatable bonds is 1. The summed E-state index contributed by atoms with van der Waals surface area (Å²) in [6.45, 7) is 2.73. The van der Waals surface area contributed by atoms with Gasteiger partial charge in [0.1, 0.15) is 0 Å². The lowest BCUT2D eigenvalue weighted by atomic mass is 9.93. The maximum atomic E-state index is 13.2. The lowest BCUT2D eigenvalue weighted by Crippen LogP contribution is -2.38. The topological polar surface area (TPSA) is 37.4 Å². The summed E-state index contributed by atoms with van der Waals surface area (Å²) in [6, 6.07) is 13.8. The van der Waals surface area contributed by atoms with Crippen LogP contribution in [0.2, 0.25) is 0 Å². The van der Waals surface area contributed by atoms with Crippen LogP contribution < -0.4 is 4.90 Å². The number of hydrogen-bond donors (Lipinski definition) is 0. The summed E-state index contributed by atoms with van der Waals surface area (Å²) in [5.74, 6) is -0.171. The van der Waals surface area contributed by atoms with Crippen molar-refractivity contribution in [3.63, 3.8) is 0 Å². The number of nitrogens with zero attached hydrogens (tertiary/aromatic N) is 1. The van der Waals surface area contributed by atoms with Gasteiger partial charge >= 0.3 is 0 Å². The molecule has 0 fully saturated rings. The van der Waals surface area contributed by atoms with E-state index >= 15 is 0 Å². The lowest BCUT2D eigenvalue weighted by molar-refractivity contribution is -0.120. The highest BCUT2D eigenvalue weighted by Gasteiger charge is 2.38. The average Bonchev–Trinajstić information content (AvgIpc) is 2.92. The Balaban J connectivity index is 1.74. The summed E-state index contributed by atoms with van der Waals surface area (Å²) in [6.07, 6.45) is 2.29. The number of carbonyl (C=O) groups excluding carboxylic acids is 2. The Hall–Kier alpha value is -2.42. The normalized spacial score (nSPS) is 19.4. The smallest absolute Gasteiger partial charge is 0.235 e. The van der Waals surface area contributed by atoms with E-state index in [4.69, 9.17) is 0 Å². The van der Waals surface area contributed by atoms with Gasteiger partial charge in [0.2, 0.25) is 5.91 Å². The maximum absolute atomic E-state index is 13.2. The molecule has 1 atom stereocenters. The van der Waals surface area contributed by atoms with Crippen LogP contribution >= 0.6 is 0 Å². The molecule has 1 unspecified atom stereocenters. The van der Waals surface area contributed by atoms with Gasteiger partial charge in [-0.3, -0.25) is 9.59 Å². The number of Topliss-reactive ketones (excluding diaryl/α,β-unsaturated/α-hetero) is 1. The fraction of sp³-hybridized carbons (Fsp3) is 0.300. The van der Waals surface area contributed by atoms with E-state index in [0.29, 0.717) is 6.42 Å². The second-order valence-corrected chi connectivity index (χ2v) is 6.44. The fourth-order valence-corrected chi connectivity index (χ4v) is 3.95. The minimum absolute atomic E-state index is 0.0681. The number of hydrogen-bond acceptors (Lipinski definition) is 2. The van der Waals surface area contributed by atoms with E-state index in [0.717, 1.165) is 41.8 Å². The molecule has 3 heteroatoms. The van der Waals surface area contributed by atoms with Gasteiger partial charge in [-0.05, 0) is 42.5 Å². The van der Waals surface area contributed by atoms with Gasteiger partial charge in [-0.15, -0.1) is 0 Å². The molecule has 23 heavy (non-hydrogen) atoms. The first-order chi connectivity index (χ1) is 11.2. The average molecular weight is 305 g/mol.